The van der Waals surface area contributed by atoms with Crippen LogP contribution in [0.2, 0.25) is 0 Å². The smallest absolute Gasteiger partial charge is 0.357 e. The van der Waals surface area contributed by atoms with Gasteiger partial charge in [-0.3, -0.25) is 5.10 Å². The highest BCUT2D eigenvalue weighted by molar-refractivity contribution is 7.89. The molecule has 0 bridgehead atoms. The minimum atomic E-state index is -3.85. The van der Waals surface area contributed by atoms with Crippen molar-refractivity contribution >= 4 is 16.0 Å². The van der Waals surface area contributed by atoms with Crippen molar-refractivity contribution in [3.05, 3.63) is 11.4 Å². The fourth-order valence-corrected chi connectivity index (χ4v) is 3.24. The number of hydrogen-bond acceptors (Lipinski definition) is 4. The second-order valence-corrected chi connectivity index (χ2v) is 6.82. The molecule has 0 spiro atoms. The van der Waals surface area contributed by atoms with Crippen LogP contribution in [0.1, 0.15) is 49.3 Å². The fourth-order valence-electron chi connectivity index (χ4n) is 1.85. The summed E-state index contributed by atoms with van der Waals surface area (Å²) in [5, 5.41) is 14.8. The van der Waals surface area contributed by atoms with Crippen LogP contribution in [-0.2, 0) is 10.0 Å². The Morgan fingerprint density at radius 3 is 2.60 bits per heavy atom. The summed E-state index contributed by atoms with van der Waals surface area (Å²) in [6, 6.07) is 0. The van der Waals surface area contributed by atoms with Crippen molar-refractivity contribution in [2.75, 3.05) is 6.54 Å². The number of aryl methyl sites for hydroxylation is 1. The molecule has 3 N–H and O–H groups in total. The molecule has 1 heterocycles. The van der Waals surface area contributed by atoms with Crippen LogP contribution in [0.3, 0.4) is 0 Å². The number of aromatic nitrogens is 2. The number of nitrogens with one attached hydrogen (secondary N) is 2. The highest BCUT2D eigenvalue weighted by atomic mass is 32.2. The fraction of sp³-hybridized carbons (Fsp3) is 0.667. The second kappa shape index (κ2) is 6.85. The molecule has 0 aliphatic heterocycles. The normalized spacial score (nSPS) is 12.0. The summed E-state index contributed by atoms with van der Waals surface area (Å²) in [5.41, 5.74) is -0.255. The molecular formula is C12H21N3O4S. The van der Waals surface area contributed by atoms with Crippen LogP contribution >= 0.6 is 0 Å². The SMILES string of the molecule is Cc1[nH]nc(C(=O)O)c1S(=O)(=O)NCCCCC(C)C. The Labute approximate surface area is 118 Å². The van der Waals surface area contributed by atoms with E-state index in [1.54, 1.807) is 0 Å². The summed E-state index contributed by atoms with van der Waals surface area (Å²) < 4.78 is 26.6. The van der Waals surface area contributed by atoms with E-state index >= 15 is 0 Å². The lowest BCUT2D eigenvalue weighted by molar-refractivity contribution is 0.0686. The van der Waals surface area contributed by atoms with E-state index in [0.29, 0.717) is 12.5 Å². The van der Waals surface area contributed by atoms with Crippen LogP contribution in [0.15, 0.2) is 4.90 Å². The van der Waals surface area contributed by atoms with E-state index in [9.17, 15) is 13.2 Å². The lowest BCUT2D eigenvalue weighted by Gasteiger charge is -2.07. The van der Waals surface area contributed by atoms with E-state index in [2.05, 4.69) is 28.8 Å². The van der Waals surface area contributed by atoms with Crippen LogP contribution in [0.5, 0.6) is 0 Å². The largest absolute Gasteiger partial charge is 0.476 e. The number of carboxylic acids is 1. The predicted molar refractivity (Wildman–Crippen MR) is 74.2 cm³/mol. The van der Waals surface area contributed by atoms with Gasteiger partial charge < -0.3 is 5.11 Å². The molecule has 0 saturated carbocycles. The molecular weight excluding hydrogens is 282 g/mol. The molecule has 0 unspecified atom stereocenters. The third kappa shape index (κ3) is 4.31. The van der Waals surface area contributed by atoms with Crippen molar-refractivity contribution in [3.63, 3.8) is 0 Å². The first kappa shape index (κ1) is 16.6. The monoisotopic (exact) mass is 303 g/mol. The molecule has 8 heteroatoms. The quantitative estimate of drug-likeness (QED) is 0.630. The van der Waals surface area contributed by atoms with Gasteiger partial charge in [0, 0.05) is 6.54 Å². The number of H-pyrrole nitrogens is 1. The molecule has 0 aliphatic carbocycles. The van der Waals surface area contributed by atoms with E-state index < -0.39 is 21.7 Å². The third-order valence-corrected chi connectivity index (χ3v) is 4.48. The van der Waals surface area contributed by atoms with Crippen molar-refractivity contribution in [1.29, 1.82) is 0 Å². The van der Waals surface area contributed by atoms with Gasteiger partial charge in [0.05, 0.1) is 5.69 Å². The summed E-state index contributed by atoms with van der Waals surface area (Å²) in [6.45, 7) is 5.99. The molecule has 0 saturated heterocycles. The molecule has 1 aromatic rings. The Hall–Kier alpha value is -1.41. The van der Waals surface area contributed by atoms with E-state index in [-0.39, 0.29) is 10.6 Å². The van der Waals surface area contributed by atoms with Crippen molar-refractivity contribution < 1.29 is 18.3 Å². The van der Waals surface area contributed by atoms with Crippen LogP contribution in [0.4, 0.5) is 0 Å². The number of unbranched alkanes of at least 4 members (excludes halogenated alkanes) is 1. The lowest BCUT2D eigenvalue weighted by Crippen LogP contribution is -2.26. The molecule has 1 aromatic heterocycles. The number of carboxylic acid groups (broad SMARTS) is 1. The summed E-state index contributed by atoms with van der Waals surface area (Å²) in [4.78, 5) is 10.7. The molecule has 7 nitrogen and oxygen atoms in total. The first-order chi connectivity index (χ1) is 9.25. The number of carbonyl (C=O) groups is 1. The lowest BCUT2D eigenvalue weighted by atomic mass is 10.1. The van der Waals surface area contributed by atoms with Gasteiger partial charge >= 0.3 is 5.97 Å². The van der Waals surface area contributed by atoms with Gasteiger partial charge in [0.2, 0.25) is 10.0 Å². The maximum Gasteiger partial charge on any atom is 0.357 e. The molecule has 114 valence electrons. The van der Waals surface area contributed by atoms with Gasteiger partial charge in [0.15, 0.2) is 5.69 Å². The van der Waals surface area contributed by atoms with Crippen molar-refractivity contribution in [2.45, 2.75) is 44.9 Å². The maximum atomic E-state index is 12.1. The first-order valence-electron chi connectivity index (χ1n) is 6.53. The van der Waals surface area contributed by atoms with Crippen LogP contribution in [-0.4, -0.2) is 36.2 Å². The molecule has 0 amide bonds. The minimum absolute atomic E-state index is 0.220. The average Bonchev–Trinajstić information content (AvgIpc) is 2.71. The van der Waals surface area contributed by atoms with Crippen LogP contribution < -0.4 is 4.72 Å². The highest BCUT2D eigenvalue weighted by Crippen LogP contribution is 2.17. The van der Waals surface area contributed by atoms with Gasteiger partial charge in [-0.2, -0.15) is 5.10 Å². The summed E-state index contributed by atoms with van der Waals surface area (Å²) in [5.74, 6) is -0.782. The number of aromatic carboxylic acids is 1. The molecule has 0 aliphatic rings. The highest BCUT2D eigenvalue weighted by Gasteiger charge is 2.27. The Kier molecular flexibility index (Phi) is 5.70. The molecule has 20 heavy (non-hydrogen) atoms. The van der Waals surface area contributed by atoms with E-state index in [1.807, 2.05) is 0 Å². The Morgan fingerprint density at radius 1 is 1.40 bits per heavy atom. The zero-order valence-corrected chi connectivity index (χ0v) is 12.7. The van der Waals surface area contributed by atoms with Crippen molar-refractivity contribution in [2.24, 2.45) is 5.92 Å². The summed E-state index contributed by atoms with van der Waals surface area (Å²) in [6.07, 6.45) is 2.68. The van der Waals surface area contributed by atoms with Gasteiger partial charge in [-0.15, -0.1) is 0 Å². The van der Waals surface area contributed by atoms with Gasteiger partial charge in [0.1, 0.15) is 4.90 Å². The van der Waals surface area contributed by atoms with E-state index in [1.165, 1.54) is 6.92 Å². The van der Waals surface area contributed by atoms with Gasteiger partial charge in [-0.1, -0.05) is 26.7 Å². The molecule has 0 fully saturated rings. The Bertz CT molecular complexity index is 563. The van der Waals surface area contributed by atoms with E-state index in [0.717, 1.165) is 19.3 Å². The summed E-state index contributed by atoms with van der Waals surface area (Å²) in [7, 11) is -3.85. The van der Waals surface area contributed by atoms with Gasteiger partial charge in [0.25, 0.3) is 0 Å². The zero-order valence-electron chi connectivity index (χ0n) is 11.9. The summed E-state index contributed by atoms with van der Waals surface area (Å²) >= 11 is 0. The third-order valence-electron chi connectivity index (χ3n) is 2.86. The zero-order chi connectivity index (χ0) is 15.3. The molecule has 0 radical (unpaired) electrons. The van der Waals surface area contributed by atoms with Gasteiger partial charge in [-0.05, 0) is 19.3 Å². The standard InChI is InChI=1S/C12H21N3O4S/c1-8(2)6-4-5-7-13-20(18,19)11-9(3)14-15-10(11)12(16)17/h8,13H,4-7H2,1-3H3,(H,14,15)(H,16,17). The van der Waals surface area contributed by atoms with Gasteiger partial charge in [-0.25, -0.2) is 17.9 Å². The number of aromatic amines is 1. The number of hydrogen-bond donors (Lipinski definition) is 3. The van der Waals surface area contributed by atoms with Crippen LogP contribution in [0.25, 0.3) is 0 Å². The molecule has 0 atom stereocenters. The minimum Gasteiger partial charge on any atom is -0.476 e. The van der Waals surface area contributed by atoms with Crippen molar-refractivity contribution in [3.8, 4) is 0 Å². The topological polar surface area (TPSA) is 112 Å². The Balaban J connectivity index is 2.70. The van der Waals surface area contributed by atoms with Crippen LogP contribution in [0, 0.1) is 12.8 Å². The van der Waals surface area contributed by atoms with Crippen molar-refractivity contribution in [1.82, 2.24) is 14.9 Å². The maximum absolute atomic E-state index is 12.1. The first-order valence-corrected chi connectivity index (χ1v) is 8.02. The number of rotatable bonds is 8. The average molecular weight is 303 g/mol. The molecule has 1 rings (SSSR count). The second-order valence-electron chi connectivity index (χ2n) is 5.12. The number of sulfonamides is 1. The number of nitrogens with zero attached hydrogens (tertiary/aromatic N) is 1. The predicted octanol–water partition coefficient (Wildman–Crippen LogP) is 1.52. The Morgan fingerprint density at radius 2 is 2.05 bits per heavy atom. The van der Waals surface area contributed by atoms with E-state index in [4.69, 9.17) is 5.11 Å². The molecule has 0 aromatic carbocycles.